The fourth-order valence-corrected chi connectivity index (χ4v) is 6.36. The SMILES string of the molecule is NC(=O)OC1CCCCCC=CC2CC2(C(=O)NS(=O)(=O)c2ccc(Br)cc2)NC(=O)C2CCCN2C1=O. The Morgan fingerprint density at radius 3 is 2.55 bits per heavy atom. The van der Waals surface area contributed by atoms with Crippen molar-refractivity contribution in [3.63, 3.8) is 0 Å². The number of nitrogens with one attached hydrogen (secondary N) is 2. The van der Waals surface area contributed by atoms with Crippen LogP contribution in [0.4, 0.5) is 4.79 Å². The molecule has 0 radical (unpaired) electrons. The highest BCUT2D eigenvalue weighted by Crippen LogP contribution is 2.45. The van der Waals surface area contributed by atoms with E-state index in [9.17, 15) is 27.6 Å². The molecule has 4 rings (SSSR count). The summed E-state index contributed by atoms with van der Waals surface area (Å²) >= 11 is 3.25. The summed E-state index contributed by atoms with van der Waals surface area (Å²) in [5, 5.41) is 2.77. The normalized spacial score (nSPS) is 28.2. The third-order valence-electron chi connectivity index (χ3n) is 7.20. The van der Waals surface area contributed by atoms with Crippen LogP contribution in [0.15, 0.2) is 45.8 Å². The van der Waals surface area contributed by atoms with Crippen molar-refractivity contribution in [2.24, 2.45) is 11.7 Å². The van der Waals surface area contributed by atoms with Gasteiger partial charge >= 0.3 is 6.09 Å². The molecule has 3 aliphatic rings. The fraction of sp³-hybridized carbons (Fsp3) is 0.520. The second kappa shape index (κ2) is 11.4. The topological polar surface area (TPSA) is 165 Å². The number of carbonyl (C=O) groups is 4. The molecule has 38 heavy (non-hydrogen) atoms. The zero-order valence-electron chi connectivity index (χ0n) is 20.7. The van der Waals surface area contributed by atoms with Gasteiger partial charge in [-0.15, -0.1) is 0 Å². The van der Waals surface area contributed by atoms with Crippen LogP contribution < -0.4 is 15.8 Å². The summed E-state index contributed by atoms with van der Waals surface area (Å²) in [6.07, 6.45) is 5.93. The molecule has 0 aromatic heterocycles. The standard InChI is InChI=1S/C25H31BrN4O7S/c26-17-10-12-18(13-11-17)38(35,36)29-23(33)25-15-16(25)7-4-2-1-3-5-9-20(37-24(27)34)22(32)30-14-6-8-19(30)21(31)28-25/h4,7,10-13,16,19-20H,1-3,5-6,8-9,14-15H2,(H2,27,34)(H,28,31)(H,29,33). The van der Waals surface area contributed by atoms with Gasteiger partial charge in [-0.3, -0.25) is 14.4 Å². The first-order chi connectivity index (χ1) is 18.0. The fourth-order valence-electron chi connectivity index (χ4n) is 5.06. The molecule has 1 aliphatic carbocycles. The highest BCUT2D eigenvalue weighted by Gasteiger charge is 2.61. The van der Waals surface area contributed by atoms with Gasteiger partial charge in [0.2, 0.25) is 5.91 Å². The van der Waals surface area contributed by atoms with Crippen LogP contribution in [0.5, 0.6) is 0 Å². The predicted molar refractivity (Wildman–Crippen MR) is 140 cm³/mol. The first kappa shape index (κ1) is 28.1. The van der Waals surface area contributed by atoms with E-state index in [0.717, 1.165) is 12.8 Å². The Hall–Kier alpha value is -2.93. The van der Waals surface area contributed by atoms with Crippen molar-refractivity contribution >= 4 is 49.8 Å². The lowest BCUT2D eigenvalue weighted by atomic mass is 10.1. The summed E-state index contributed by atoms with van der Waals surface area (Å²) in [7, 11) is -4.19. The highest BCUT2D eigenvalue weighted by atomic mass is 79.9. The molecule has 2 fully saturated rings. The molecular formula is C25H31BrN4O7S. The van der Waals surface area contributed by atoms with Crippen molar-refractivity contribution in [2.45, 2.75) is 73.9 Å². The highest BCUT2D eigenvalue weighted by molar-refractivity contribution is 9.10. The summed E-state index contributed by atoms with van der Waals surface area (Å²) < 4.78 is 33.7. The number of nitrogens with zero attached hydrogens (tertiary/aromatic N) is 1. The molecule has 1 aromatic carbocycles. The summed E-state index contributed by atoms with van der Waals surface area (Å²) in [5.74, 6) is -2.29. The molecule has 1 saturated heterocycles. The van der Waals surface area contributed by atoms with Crippen LogP contribution in [0.1, 0.15) is 51.4 Å². The second-order valence-corrected chi connectivity index (χ2v) is 12.4. The number of hydrogen-bond acceptors (Lipinski definition) is 7. The van der Waals surface area contributed by atoms with Crippen LogP contribution in [0.2, 0.25) is 0 Å². The van der Waals surface area contributed by atoms with E-state index in [2.05, 4.69) is 26.0 Å². The van der Waals surface area contributed by atoms with Crippen molar-refractivity contribution in [2.75, 3.05) is 6.54 Å². The minimum Gasteiger partial charge on any atom is -0.436 e. The van der Waals surface area contributed by atoms with Gasteiger partial charge in [0, 0.05) is 16.9 Å². The molecule has 2 aliphatic heterocycles. The van der Waals surface area contributed by atoms with Gasteiger partial charge in [0.05, 0.1) is 4.90 Å². The minimum atomic E-state index is -4.19. The number of carbonyl (C=O) groups excluding carboxylic acids is 4. The van der Waals surface area contributed by atoms with Gasteiger partial charge in [-0.25, -0.2) is 17.9 Å². The van der Waals surface area contributed by atoms with E-state index in [1.165, 1.54) is 17.0 Å². The Kier molecular flexibility index (Phi) is 8.46. The van der Waals surface area contributed by atoms with Gasteiger partial charge in [0.1, 0.15) is 11.6 Å². The third kappa shape index (κ3) is 6.20. The molecule has 4 unspecified atom stereocenters. The maximum atomic E-state index is 13.4. The molecule has 2 heterocycles. The summed E-state index contributed by atoms with van der Waals surface area (Å²) in [5.41, 5.74) is 3.73. The monoisotopic (exact) mass is 610 g/mol. The van der Waals surface area contributed by atoms with Gasteiger partial charge in [0.15, 0.2) is 6.10 Å². The van der Waals surface area contributed by atoms with E-state index >= 15 is 0 Å². The van der Waals surface area contributed by atoms with Crippen molar-refractivity contribution in [3.05, 3.63) is 40.9 Å². The molecule has 0 bridgehead atoms. The molecule has 4 N–H and O–H groups in total. The van der Waals surface area contributed by atoms with E-state index in [1.54, 1.807) is 12.1 Å². The number of benzene rings is 1. The van der Waals surface area contributed by atoms with Crippen molar-refractivity contribution in [3.8, 4) is 0 Å². The first-order valence-corrected chi connectivity index (χ1v) is 14.9. The van der Waals surface area contributed by atoms with Gasteiger partial charge < -0.3 is 20.7 Å². The third-order valence-corrected chi connectivity index (χ3v) is 9.07. The quantitative estimate of drug-likeness (QED) is 0.439. The van der Waals surface area contributed by atoms with Crippen LogP contribution in [0.3, 0.4) is 0 Å². The number of allylic oxidation sites excluding steroid dienone is 1. The molecule has 4 atom stereocenters. The average Bonchev–Trinajstić information content (AvgIpc) is 3.31. The van der Waals surface area contributed by atoms with Gasteiger partial charge in [-0.1, -0.05) is 34.5 Å². The number of hydrogen-bond donors (Lipinski definition) is 3. The number of ether oxygens (including phenoxy) is 1. The van der Waals surface area contributed by atoms with Gasteiger partial charge in [0.25, 0.3) is 21.8 Å². The van der Waals surface area contributed by atoms with E-state index < -0.39 is 57.4 Å². The molecule has 4 amide bonds. The minimum absolute atomic E-state index is 0.0882. The molecule has 1 saturated carbocycles. The lowest BCUT2D eigenvalue weighted by Gasteiger charge is -2.29. The molecule has 13 heteroatoms. The first-order valence-electron chi connectivity index (χ1n) is 12.6. The zero-order chi connectivity index (χ0) is 27.5. The Morgan fingerprint density at radius 1 is 1.11 bits per heavy atom. The summed E-state index contributed by atoms with van der Waals surface area (Å²) in [6, 6.07) is 4.94. The van der Waals surface area contributed by atoms with E-state index in [-0.39, 0.29) is 17.9 Å². The maximum absolute atomic E-state index is 13.4. The maximum Gasteiger partial charge on any atom is 0.405 e. The second-order valence-electron chi connectivity index (χ2n) is 9.84. The van der Waals surface area contributed by atoms with Crippen molar-refractivity contribution in [1.82, 2.24) is 14.9 Å². The predicted octanol–water partition coefficient (Wildman–Crippen LogP) is 2.10. The van der Waals surface area contributed by atoms with Crippen molar-refractivity contribution < 1.29 is 32.3 Å². The number of amides is 4. The smallest absolute Gasteiger partial charge is 0.405 e. The number of rotatable bonds is 4. The van der Waals surface area contributed by atoms with Crippen LogP contribution in [-0.4, -0.2) is 61.4 Å². The average molecular weight is 612 g/mol. The van der Waals surface area contributed by atoms with E-state index in [1.807, 2.05) is 12.2 Å². The molecule has 11 nitrogen and oxygen atoms in total. The molecule has 0 spiro atoms. The number of fused-ring (bicyclic) bond motifs is 2. The van der Waals surface area contributed by atoms with Crippen LogP contribution in [0, 0.1) is 5.92 Å². The van der Waals surface area contributed by atoms with Crippen LogP contribution in [-0.2, 0) is 29.1 Å². The van der Waals surface area contributed by atoms with Crippen LogP contribution in [0.25, 0.3) is 0 Å². The number of nitrogens with two attached hydrogens (primary N) is 1. The summed E-state index contributed by atoms with van der Waals surface area (Å²) in [6.45, 7) is 0.288. The van der Waals surface area contributed by atoms with E-state index in [0.29, 0.717) is 36.6 Å². The molecule has 206 valence electrons. The lowest BCUT2D eigenvalue weighted by molar-refractivity contribution is -0.146. The van der Waals surface area contributed by atoms with Gasteiger partial charge in [-0.05, 0) is 69.2 Å². The zero-order valence-corrected chi connectivity index (χ0v) is 23.1. The Bertz CT molecular complexity index is 1240. The summed E-state index contributed by atoms with van der Waals surface area (Å²) in [4.78, 5) is 52.8. The largest absolute Gasteiger partial charge is 0.436 e. The number of halogens is 1. The van der Waals surface area contributed by atoms with Crippen molar-refractivity contribution in [1.29, 1.82) is 0 Å². The van der Waals surface area contributed by atoms with Crippen LogP contribution >= 0.6 is 15.9 Å². The van der Waals surface area contributed by atoms with Gasteiger partial charge in [-0.2, -0.15) is 0 Å². The lowest BCUT2D eigenvalue weighted by Crippen LogP contribution is -2.57. The Morgan fingerprint density at radius 2 is 1.84 bits per heavy atom. The van der Waals surface area contributed by atoms with E-state index in [4.69, 9.17) is 10.5 Å². The Labute approximate surface area is 229 Å². The Balaban J connectivity index is 1.58. The number of sulfonamides is 1. The molecular weight excluding hydrogens is 580 g/mol. The number of primary amides is 1. The molecule has 1 aromatic rings.